The van der Waals surface area contributed by atoms with Gasteiger partial charge in [-0.1, -0.05) is 25.1 Å². The van der Waals surface area contributed by atoms with Gasteiger partial charge in [0.1, 0.15) is 0 Å². The standard InChI is InChI=1S/C15H17NO2/c1-10-6-7-14-12(8-15(17)18)11-4-2-3-5-13(11)16(14)9-10/h2-5,10H,6-9H2,1H3,(H,17,18)/t10-/m1/s1. The van der Waals surface area contributed by atoms with Crippen molar-refractivity contribution < 1.29 is 9.90 Å². The Kier molecular flexibility index (Phi) is 2.62. The molecule has 0 fully saturated rings. The largest absolute Gasteiger partial charge is 0.481 e. The maximum absolute atomic E-state index is 11.1. The molecule has 0 spiro atoms. The molecule has 2 aromatic rings. The Bertz CT molecular complexity index is 612. The van der Waals surface area contributed by atoms with Crippen molar-refractivity contribution in [3.05, 3.63) is 35.5 Å². The molecular weight excluding hydrogens is 226 g/mol. The first-order chi connectivity index (χ1) is 8.66. The SMILES string of the molecule is C[C@@H]1CCc2c(CC(=O)O)c3ccccc3n2C1. The molecule has 0 unspecified atom stereocenters. The Hall–Kier alpha value is -1.77. The molecule has 3 heteroatoms. The van der Waals surface area contributed by atoms with Crippen LogP contribution < -0.4 is 0 Å². The minimum Gasteiger partial charge on any atom is -0.481 e. The van der Waals surface area contributed by atoms with E-state index in [0.29, 0.717) is 5.92 Å². The summed E-state index contributed by atoms with van der Waals surface area (Å²) < 4.78 is 2.32. The Morgan fingerprint density at radius 2 is 2.22 bits per heavy atom. The minimum absolute atomic E-state index is 0.136. The molecule has 1 aromatic heterocycles. The molecule has 1 aliphatic rings. The number of carboxylic acid groups (broad SMARTS) is 1. The Morgan fingerprint density at radius 3 is 3.00 bits per heavy atom. The van der Waals surface area contributed by atoms with E-state index in [1.807, 2.05) is 18.2 Å². The highest BCUT2D eigenvalue weighted by atomic mass is 16.4. The van der Waals surface area contributed by atoms with Gasteiger partial charge in [-0.3, -0.25) is 4.79 Å². The number of benzene rings is 1. The van der Waals surface area contributed by atoms with Crippen LogP contribution in [0.15, 0.2) is 24.3 Å². The lowest BCUT2D eigenvalue weighted by Gasteiger charge is -2.22. The third kappa shape index (κ3) is 1.70. The van der Waals surface area contributed by atoms with Crippen LogP contribution in [-0.2, 0) is 24.2 Å². The molecule has 0 radical (unpaired) electrons. The Labute approximate surface area is 106 Å². The van der Waals surface area contributed by atoms with E-state index in [-0.39, 0.29) is 6.42 Å². The van der Waals surface area contributed by atoms with Gasteiger partial charge < -0.3 is 9.67 Å². The van der Waals surface area contributed by atoms with E-state index < -0.39 is 5.97 Å². The van der Waals surface area contributed by atoms with Gasteiger partial charge in [-0.15, -0.1) is 0 Å². The van der Waals surface area contributed by atoms with Crippen LogP contribution in [0, 0.1) is 5.92 Å². The molecular formula is C15H17NO2. The van der Waals surface area contributed by atoms with E-state index in [2.05, 4.69) is 17.6 Å². The fourth-order valence-corrected chi connectivity index (χ4v) is 3.06. The van der Waals surface area contributed by atoms with Crippen molar-refractivity contribution in [2.45, 2.75) is 32.7 Å². The fraction of sp³-hybridized carbons (Fsp3) is 0.400. The molecule has 1 aromatic carbocycles. The number of aliphatic carboxylic acids is 1. The van der Waals surface area contributed by atoms with Crippen molar-refractivity contribution in [2.24, 2.45) is 5.92 Å². The van der Waals surface area contributed by atoms with Crippen LogP contribution in [0.2, 0.25) is 0 Å². The number of fused-ring (bicyclic) bond motifs is 3. The first kappa shape index (κ1) is 11.3. The summed E-state index contributed by atoms with van der Waals surface area (Å²) in [6.07, 6.45) is 2.29. The zero-order valence-corrected chi connectivity index (χ0v) is 10.5. The average Bonchev–Trinajstić information content (AvgIpc) is 2.64. The first-order valence-electron chi connectivity index (χ1n) is 6.47. The highest BCUT2D eigenvalue weighted by Gasteiger charge is 2.23. The maximum atomic E-state index is 11.1. The van der Waals surface area contributed by atoms with Crippen LogP contribution in [0.1, 0.15) is 24.6 Å². The average molecular weight is 243 g/mol. The van der Waals surface area contributed by atoms with E-state index in [0.717, 1.165) is 30.3 Å². The molecule has 0 bridgehead atoms. The zero-order valence-electron chi connectivity index (χ0n) is 10.5. The molecule has 3 rings (SSSR count). The van der Waals surface area contributed by atoms with E-state index in [1.54, 1.807) is 0 Å². The van der Waals surface area contributed by atoms with Crippen LogP contribution in [-0.4, -0.2) is 15.6 Å². The number of nitrogens with zero attached hydrogens (tertiary/aromatic N) is 1. The summed E-state index contributed by atoms with van der Waals surface area (Å²) in [6.45, 7) is 3.27. The summed E-state index contributed by atoms with van der Waals surface area (Å²) in [6, 6.07) is 8.16. The van der Waals surface area contributed by atoms with E-state index in [1.165, 1.54) is 11.2 Å². The predicted molar refractivity (Wildman–Crippen MR) is 70.8 cm³/mol. The number of carboxylic acids is 1. The second kappa shape index (κ2) is 4.16. The van der Waals surface area contributed by atoms with Gasteiger partial charge >= 0.3 is 5.97 Å². The number of carbonyl (C=O) groups is 1. The Morgan fingerprint density at radius 1 is 1.44 bits per heavy atom. The summed E-state index contributed by atoms with van der Waals surface area (Å²) >= 11 is 0. The summed E-state index contributed by atoms with van der Waals surface area (Å²) in [4.78, 5) is 11.1. The third-order valence-corrected chi connectivity index (χ3v) is 3.89. The normalized spacial score (nSPS) is 18.8. The highest BCUT2D eigenvalue weighted by Crippen LogP contribution is 2.32. The monoisotopic (exact) mass is 243 g/mol. The molecule has 3 nitrogen and oxygen atoms in total. The van der Waals surface area contributed by atoms with Crippen LogP contribution >= 0.6 is 0 Å². The van der Waals surface area contributed by atoms with Crippen molar-refractivity contribution >= 4 is 16.9 Å². The quantitative estimate of drug-likeness (QED) is 0.881. The topological polar surface area (TPSA) is 42.2 Å². The molecule has 0 aliphatic carbocycles. The minimum atomic E-state index is -0.743. The molecule has 0 saturated heterocycles. The van der Waals surface area contributed by atoms with Gasteiger partial charge in [0, 0.05) is 23.1 Å². The maximum Gasteiger partial charge on any atom is 0.307 e. The molecule has 0 saturated carbocycles. The number of hydrogen-bond acceptors (Lipinski definition) is 1. The Balaban J connectivity index is 2.24. The van der Waals surface area contributed by atoms with Crippen molar-refractivity contribution in [3.8, 4) is 0 Å². The molecule has 1 N–H and O–H groups in total. The van der Waals surface area contributed by atoms with Gasteiger partial charge in [0.15, 0.2) is 0 Å². The lowest BCUT2D eigenvalue weighted by Crippen LogP contribution is -2.18. The van der Waals surface area contributed by atoms with Gasteiger partial charge in [-0.25, -0.2) is 0 Å². The van der Waals surface area contributed by atoms with Crippen molar-refractivity contribution in [2.75, 3.05) is 0 Å². The van der Waals surface area contributed by atoms with Gasteiger partial charge in [-0.05, 0) is 30.4 Å². The van der Waals surface area contributed by atoms with Crippen LogP contribution in [0.25, 0.3) is 10.9 Å². The summed E-state index contributed by atoms with van der Waals surface area (Å²) in [7, 11) is 0. The second-order valence-corrected chi connectivity index (χ2v) is 5.27. The smallest absolute Gasteiger partial charge is 0.307 e. The number of rotatable bonds is 2. The lowest BCUT2D eigenvalue weighted by atomic mass is 9.97. The van der Waals surface area contributed by atoms with Crippen LogP contribution in [0.5, 0.6) is 0 Å². The molecule has 1 aliphatic heterocycles. The van der Waals surface area contributed by atoms with Crippen molar-refractivity contribution in [3.63, 3.8) is 0 Å². The van der Waals surface area contributed by atoms with Gasteiger partial charge in [0.05, 0.1) is 6.42 Å². The van der Waals surface area contributed by atoms with Gasteiger partial charge in [0.2, 0.25) is 0 Å². The molecule has 94 valence electrons. The molecule has 18 heavy (non-hydrogen) atoms. The summed E-state index contributed by atoms with van der Waals surface area (Å²) in [5.41, 5.74) is 3.44. The number of para-hydroxylation sites is 1. The summed E-state index contributed by atoms with van der Waals surface area (Å²) in [5.74, 6) is -0.0706. The molecule has 1 atom stereocenters. The number of aromatic nitrogens is 1. The van der Waals surface area contributed by atoms with Gasteiger partial charge in [0.25, 0.3) is 0 Å². The fourth-order valence-electron chi connectivity index (χ4n) is 3.06. The predicted octanol–water partition coefficient (Wildman–Crippen LogP) is 2.85. The number of hydrogen-bond donors (Lipinski definition) is 1. The summed E-state index contributed by atoms with van der Waals surface area (Å²) in [5, 5.41) is 10.2. The molecule has 2 heterocycles. The van der Waals surface area contributed by atoms with E-state index >= 15 is 0 Å². The van der Waals surface area contributed by atoms with Crippen molar-refractivity contribution in [1.29, 1.82) is 0 Å². The van der Waals surface area contributed by atoms with Crippen LogP contribution in [0.4, 0.5) is 0 Å². The zero-order chi connectivity index (χ0) is 12.7. The van der Waals surface area contributed by atoms with E-state index in [4.69, 9.17) is 5.11 Å². The lowest BCUT2D eigenvalue weighted by molar-refractivity contribution is -0.136. The van der Waals surface area contributed by atoms with Crippen molar-refractivity contribution in [1.82, 2.24) is 4.57 Å². The van der Waals surface area contributed by atoms with Crippen LogP contribution in [0.3, 0.4) is 0 Å². The first-order valence-corrected chi connectivity index (χ1v) is 6.47. The van der Waals surface area contributed by atoms with Gasteiger partial charge in [-0.2, -0.15) is 0 Å². The highest BCUT2D eigenvalue weighted by molar-refractivity contribution is 5.89. The molecule has 0 amide bonds. The second-order valence-electron chi connectivity index (χ2n) is 5.27. The third-order valence-electron chi connectivity index (χ3n) is 3.89. The van der Waals surface area contributed by atoms with E-state index in [9.17, 15) is 4.79 Å².